The number of aryl methyl sites for hydroxylation is 1. The molecule has 0 amide bonds. The van der Waals surface area contributed by atoms with Crippen LogP contribution in [0.2, 0.25) is 0 Å². The predicted octanol–water partition coefficient (Wildman–Crippen LogP) is 6.78. The molecule has 5 aromatic rings. The van der Waals surface area contributed by atoms with E-state index in [1.54, 1.807) is 12.1 Å². The molecular weight excluding hydrogens is 380 g/mol. The maximum Gasteiger partial charge on any atom is 0.124 e. The molecule has 5 rings (SSSR count). The molecule has 0 heterocycles. The van der Waals surface area contributed by atoms with Crippen LogP contribution in [0, 0.1) is 18.8 Å². The highest BCUT2D eigenvalue weighted by Gasteiger charge is 2.12. The monoisotopic (exact) mass is 400 g/mol. The Hall–Kier alpha value is -4.22. The van der Waals surface area contributed by atoms with Gasteiger partial charge in [0.15, 0.2) is 0 Å². The second-order valence-corrected chi connectivity index (χ2v) is 7.77. The van der Waals surface area contributed by atoms with Crippen molar-refractivity contribution < 1.29 is 10.2 Å². The highest BCUT2D eigenvalue weighted by Crippen LogP contribution is 2.40. The normalized spacial score (nSPS) is 10.7. The lowest BCUT2D eigenvalue weighted by Gasteiger charge is -2.11. The summed E-state index contributed by atoms with van der Waals surface area (Å²) in [5.74, 6) is 6.62. The van der Waals surface area contributed by atoms with E-state index in [-0.39, 0.29) is 11.5 Å². The first kappa shape index (κ1) is 18.8. The van der Waals surface area contributed by atoms with Crippen molar-refractivity contribution in [3.05, 3.63) is 108 Å². The highest BCUT2D eigenvalue weighted by molar-refractivity contribution is 5.96. The lowest BCUT2D eigenvalue weighted by molar-refractivity contribution is 0.470. The van der Waals surface area contributed by atoms with Gasteiger partial charge in [-0.25, -0.2) is 0 Å². The lowest BCUT2D eigenvalue weighted by atomic mass is 9.95. The minimum absolute atomic E-state index is 0.127. The van der Waals surface area contributed by atoms with Crippen molar-refractivity contribution in [2.24, 2.45) is 0 Å². The zero-order valence-corrected chi connectivity index (χ0v) is 17.1. The van der Waals surface area contributed by atoms with Gasteiger partial charge in [-0.05, 0) is 77.0 Å². The second-order valence-electron chi connectivity index (χ2n) is 7.77. The number of rotatable bonds is 1. The number of phenols is 2. The van der Waals surface area contributed by atoms with Gasteiger partial charge in [-0.1, -0.05) is 59.9 Å². The van der Waals surface area contributed by atoms with Gasteiger partial charge < -0.3 is 10.2 Å². The zero-order valence-electron chi connectivity index (χ0n) is 17.1. The number of hydrogen-bond donors (Lipinski definition) is 2. The molecule has 0 atom stereocenters. The number of phenolic OH excluding ortho intramolecular Hbond substituents is 2. The smallest absolute Gasteiger partial charge is 0.124 e. The van der Waals surface area contributed by atoms with Gasteiger partial charge in [-0.15, -0.1) is 0 Å². The molecule has 0 spiro atoms. The minimum Gasteiger partial charge on any atom is -0.507 e. The molecule has 0 aliphatic rings. The first-order valence-electron chi connectivity index (χ1n) is 10.1. The fraction of sp³-hybridized carbons (Fsp3) is 0.0345. The second kappa shape index (κ2) is 7.55. The Labute approximate surface area is 181 Å². The van der Waals surface area contributed by atoms with Gasteiger partial charge in [0.05, 0.1) is 0 Å². The van der Waals surface area contributed by atoms with E-state index in [9.17, 15) is 10.2 Å². The molecular formula is C29H20O2. The summed E-state index contributed by atoms with van der Waals surface area (Å²) in [5.41, 5.74) is 4.20. The van der Waals surface area contributed by atoms with Crippen LogP contribution in [0.5, 0.6) is 11.5 Å². The van der Waals surface area contributed by atoms with Gasteiger partial charge in [0.1, 0.15) is 11.5 Å². The van der Waals surface area contributed by atoms with Crippen LogP contribution in [0.15, 0.2) is 91.0 Å². The van der Waals surface area contributed by atoms with Crippen LogP contribution in [0.4, 0.5) is 0 Å². The molecule has 0 radical (unpaired) electrons. The third-order valence-corrected chi connectivity index (χ3v) is 5.48. The van der Waals surface area contributed by atoms with Crippen LogP contribution in [0.1, 0.15) is 16.7 Å². The van der Waals surface area contributed by atoms with Gasteiger partial charge in [0.2, 0.25) is 0 Å². The summed E-state index contributed by atoms with van der Waals surface area (Å²) < 4.78 is 0. The molecule has 0 bridgehead atoms. The van der Waals surface area contributed by atoms with Crippen molar-refractivity contribution in [1.29, 1.82) is 0 Å². The molecule has 2 nitrogen and oxygen atoms in total. The standard InChI is InChI=1S/C29H20O2/c1-19-7-11-22-15-26(28(30)17-24(22)13-19)27-16-23-12-10-21(14-25(23)18-29(27)31)9-8-20-5-3-2-4-6-20/h2-7,10-18,30-31H,1H3. The van der Waals surface area contributed by atoms with Crippen molar-refractivity contribution in [3.63, 3.8) is 0 Å². The van der Waals surface area contributed by atoms with Crippen LogP contribution >= 0.6 is 0 Å². The molecule has 0 unspecified atom stereocenters. The van der Waals surface area contributed by atoms with Gasteiger partial charge in [0, 0.05) is 22.3 Å². The van der Waals surface area contributed by atoms with Crippen molar-refractivity contribution in [1.82, 2.24) is 0 Å². The van der Waals surface area contributed by atoms with E-state index in [1.807, 2.05) is 85.8 Å². The van der Waals surface area contributed by atoms with Crippen molar-refractivity contribution in [3.8, 4) is 34.5 Å². The topological polar surface area (TPSA) is 40.5 Å². The number of benzene rings is 5. The van der Waals surface area contributed by atoms with Crippen LogP contribution in [-0.4, -0.2) is 10.2 Å². The summed E-state index contributed by atoms with van der Waals surface area (Å²) in [4.78, 5) is 0. The van der Waals surface area contributed by atoms with Crippen molar-refractivity contribution in [2.45, 2.75) is 6.92 Å². The SMILES string of the molecule is Cc1ccc2cc(-c3cc4ccc(C#Cc5ccccc5)cc4cc3O)c(O)cc2c1. The predicted molar refractivity (Wildman–Crippen MR) is 127 cm³/mol. The maximum atomic E-state index is 10.8. The van der Waals surface area contributed by atoms with Crippen LogP contribution < -0.4 is 0 Å². The van der Waals surface area contributed by atoms with Gasteiger partial charge in [-0.3, -0.25) is 0 Å². The molecule has 0 saturated heterocycles. The largest absolute Gasteiger partial charge is 0.507 e. The Morgan fingerprint density at radius 3 is 1.77 bits per heavy atom. The first-order valence-corrected chi connectivity index (χ1v) is 10.1. The van der Waals surface area contributed by atoms with Crippen molar-refractivity contribution >= 4 is 21.5 Å². The molecule has 0 aliphatic carbocycles. The fourth-order valence-electron chi connectivity index (χ4n) is 3.87. The molecule has 2 N–H and O–H groups in total. The van der Waals surface area contributed by atoms with E-state index in [1.165, 1.54) is 0 Å². The molecule has 0 aromatic heterocycles. The Balaban J connectivity index is 1.58. The summed E-state index contributed by atoms with van der Waals surface area (Å²) in [7, 11) is 0. The summed E-state index contributed by atoms with van der Waals surface area (Å²) in [6.07, 6.45) is 0. The maximum absolute atomic E-state index is 10.8. The Morgan fingerprint density at radius 1 is 0.516 bits per heavy atom. The van der Waals surface area contributed by atoms with E-state index < -0.39 is 0 Å². The average molecular weight is 400 g/mol. The number of aromatic hydroxyl groups is 2. The Bertz CT molecular complexity index is 1500. The third kappa shape index (κ3) is 3.70. The number of hydrogen-bond acceptors (Lipinski definition) is 2. The van der Waals surface area contributed by atoms with Crippen LogP contribution in [0.25, 0.3) is 32.7 Å². The van der Waals surface area contributed by atoms with E-state index in [0.717, 1.165) is 38.2 Å². The Kier molecular flexibility index (Phi) is 4.58. The molecule has 0 fully saturated rings. The molecule has 0 aliphatic heterocycles. The van der Waals surface area contributed by atoms with E-state index in [4.69, 9.17) is 0 Å². The number of fused-ring (bicyclic) bond motifs is 2. The molecule has 148 valence electrons. The lowest BCUT2D eigenvalue weighted by Crippen LogP contribution is -1.85. The van der Waals surface area contributed by atoms with Crippen LogP contribution in [-0.2, 0) is 0 Å². The van der Waals surface area contributed by atoms with E-state index >= 15 is 0 Å². The highest BCUT2D eigenvalue weighted by atomic mass is 16.3. The van der Waals surface area contributed by atoms with Gasteiger partial charge >= 0.3 is 0 Å². The fourth-order valence-corrected chi connectivity index (χ4v) is 3.87. The van der Waals surface area contributed by atoms with Crippen LogP contribution in [0.3, 0.4) is 0 Å². The summed E-state index contributed by atoms with van der Waals surface area (Å²) in [6.45, 7) is 2.03. The molecule has 5 aromatic carbocycles. The van der Waals surface area contributed by atoms with E-state index in [2.05, 4.69) is 11.8 Å². The molecule has 0 saturated carbocycles. The zero-order chi connectivity index (χ0) is 21.4. The van der Waals surface area contributed by atoms with E-state index in [0.29, 0.717) is 11.1 Å². The summed E-state index contributed by atoms with van der Waals surface area (Å²) in [6, 6.07) is 29.2. The quantitative estimate of drug-likeness (QED) is 0.305. The third-order valence-electron chi connectivity index (χ3n) is 5.48. The average Bonchev–Trinajstić information content (AvgIpc) is 2.77. The minimum atomic E-state index is 0.127. The first-order chi connectivity index (χ1) is 15.1. The molecule has 31 heavy (non-hydrogen) atoms. The summed E-state index contributed by atoms with van der Waals surface area (Å²) in [5, 5.41) is 25.3. The summed E-state index contributed by atoms with van der Waals surface area (Å²) >= 11 is 0. The van der Waals surface area contributed by atoms with Gasteiger partial charge in [-0.2, -0.15) is 0 Å². The molecule has 2 heteroatoms. The van der Waals surface area contributed by atoms with Crippen molar-refractivity contribution in [2.75, 3.05) is 0 Å². The Morgan fingerprint density at radius 2 is 1.10 bits per heavy atom. The van der Waals surface area contributed by atoms with Gasteiger partial charge in [0.25, 0.3) is 0 Å².